The molecule has 0 heterocycles. The Labute approximate surface area is 88.8 Å². The van der Waals surface area contributed by atoms with Crippen molar-refractivity contribution in [2.45, 2.75) is 25.7 Å². The molecule has 1 fully saturated rings. The lowest BCUT2D eigenvalue weighted by Crippen LogP contribution is -2.27. The van der Waals surface area contributed by atoms with E-state index in [9.17, 15) is 9.59 Å². The van der Waals surface area contributed by atoms with Gasteiger partial charge in [-0.25, -0.2) is 0 Å². The Morgan fingerprint density at radius 2 is 2.13 bits per heavy atom. The maximum Gasteiger partial charge on any atom is 0.312 e. The van der Waals surface area contributed by atoms with Gasteiger partial charge in [-0.05, 0) is 25.2 Å². The van der Waals surface area contributed by atoms with Gasteiger partial charge >= 0.3 is 5.97 Å². The lowest BCUT2D eigenvalue weighted by atomic mass is 10.4. The number of rotatable bonds is 8. The molecular formula is C10H17NO4. The Morgan fingerprint density at radius 1 is 1.40 bits per heavy atom. The van der Waals surface area contributed by atoms with Gasteiger partial charge in [0.2, 0.25) is 5.91 Å². The van der Waals surface area contributed by atoms with E-state index in [-0.39, 0.29) is 0 Å². The van der Waals surface area contributed by atoms with E-state index in [1.165, 1.54) is 12.8 Å². The zero-order chi connectivity index (χ0) is 11.1. The molecular weight excluding hydrogens is 198 g/mol. The van der Waals surface area contributed by atoms with E-state index in [2.05, 4.69) is 5.32 Å². The van der Waals surface area contributed by atoms with E-state index in [4.69, 9.17) is 9.84 Å². The molecule has 1 amide bonds. The second-order valence-electron chi connectivity index (χ2n) is 3.79. The Bertz CT molecular complexity index is 225. The predicted octanol–water partition coefficient (Wildman–Crippen LogP) is 0.394. The van der Waals surface area contributed by atoms with E-state index < -0.39 is 18.3 Å². The fourth-order valence-electron chi connectivity index (χ4n) is 1.14. The van der Waals surface area contributed by atoms with Crippen molar-refractivity contribution in [1.29, 1.82) is 0 Å². The van der Waals surface area contributed by atoms with E-state index in [0.29, 0.717) is 13.2 Å². The number of carbonyl (C=O) groups excluding carboxylic acids is 1. The summed E-state index contributed by atoms with van der Waals surface area (Å²) >= 11 is 0. The summed E-state index contributed by atoms with van der Waals surface area (Å²) in [6.07, 6.45) is 2.83. The number of carboxylic acid groups (broad SMARTS) is 1. The van der Waals surface area contributed by atoms with Gasteiger partial charge in [0.05, 0.1) is 0 Å². The van der Waals surface area contributed by atoms with Crippen LogP contribution in [0.15, 0.2) is 0 Å². The zero-order valence-electron chi connectivity index (χ0n) is 8.70. The second kappa shape index (κ2) is 6.40. The standard InChI is InChI=1S/C10H17NO4/c12-9(6-10(13)14)11-4-1-5-15-7-8-2-3-8/h8H,1-7H2,(H,11,12)(H,13,14). The second-order valence-corrected chi connectivity index (χ2v) is 3.79. The molecule has 15 heavy (non-hydrogen) atoms. The summed E-state index contributed by atoms with van der Waals surface area (Å²) in [5, 5.41) is 10.8. The molecule has 0 atom stereocenters. The van der Waals surface area contributed by atoms with Gasteiger partial charge < -0.3 is 15.2 Å². The number of amides is 1. The Kier molecular flexibility index (Phi) is 5.10. The van der Waals surface area contributed by atoms with Gasteiger partial charge in [0, 0.05) is 19.8 Å². The molecule has 5 nitrogen and oxygen atoms in total. The van der Waals surface area contributed by atoms with Crippen LogP contribution in [-0.4, -0.2) is 36.7 Å². The smallest absolute Gasteiger partial charge is 0.312 e. The van der Waals surface area contributed by atoms with E-state index in [0.717, 1.165) is 18.9 Å². The molecule has 0 aromatic carbocycles. The van der Waals surface area contributed by atoms with Gasteiger partial charge in [-0.1, -0.05) is 0 Å². The third-order valence-corrected chi connectivity index (χ3v) is 2.15. The minimum Gasteiger partial charge on any atom is -0.481 e. The molecule has 5 heteroatoms. The molecule has 2 N–H and O–H groups in total. The van der Waals surface area contributed by atoms with Crippen LogP contribution in [0.3, 0.4) is 0 Å². The SMILES string of the molecule is O=C(O)CC(=O)NCCCOCC1CC1. The van der Waals surface area contributed by atoms with Crippen LogP contribution in [0.2, 0.25) is 0 Å². The first-order valence-electron chi connectivity index (χ1n) is 5.24. The molecule has 0 saturated heterocycles. The van der Waals surface area contributed by atoms with Gasteiger partial charge in [0.1, 0.15) is 6.42 Å². The van der Waals surface area contributed by atoms with Crippen LogP contribution in [0.1, 0.15) is 25.7 Å². The van der Waals surface area contributed by atoms with Crippen molar-refractivity contribution in [3.05, 3.63) is 0 Å². The molecule has 1 rings (SSSR count). The molecule has 0 spiro atoms. The maximum atomic E-state index is 10.9. The van der Waals surface area contributed by atoms with Gasteiger partial charge in [-0.2, -0.15) is 0 Å². The molecule has 86 valence electrons. The minimum absolute atomic E-state index is 0.440. The third kappa shape index (κ3) is 6.90. The highest BCUT2D eigenvalue weighted by Crippen LogP contribution is 2.28. The highest BCUT2D eigenvalue weighted by molar-refractivity contribution is 5.93. The van der Waals surface area contributed by atoms with Gasteiger partial charge in [-0.15, -0.1) is 0 Å². The normalized spacial score (nSPS) is 14.9. The van der Waals surface area contributed by atoms with Gasteiger partial charge in [-0.3, -0.25) is 9.59 Å². The molecule has 0 aliphatic heterocycles. The molecule has 0 radical (unpaired) electrons. The highest BCUT2D eigenvalue weighted by atomic mass is 16.5. The summed E-state index contributed by atoms with van der Waals surface area (Å²) in [6.45, 7) is 1.93. The molecule has 1 aliphatic rings. The van der Waals surface area contributed by atoms with Crippen molar-refractivity contribution in [2.24, 2.45) is 5.92 Å². The Balaban J connectivity index is 1.82. The van der Waals surface area contributed by atoms with Crippen LogP contribution >= 0.6 is 0 Å². The van der Waals surface area contributed by atoms with Crippen molar-refractivity contribution < 1.29 is 19.4 Å². The summed E-state index contributed by atoms with van der Waals surface area (Å²) in [4.78, 5) is 21.0. The van der Waals surface area contributed by atoms with Crippen molar-refractivity contribution in [3.63, 3.8) is 0 Å². The summed E-state index contributed by atoms with van der Waals surface area (Å²) in [5.41, 5.74) is 0. The summed E-state index contributed by atoms with van der Waals surface area (Å²) in [7, 11) is 0. The monoisotopic (exact) mass is 215 g/mol. The first-order valence-corrected chi connectivity index (χ1v) is 5.24. The number of nitrogens with one attached hydrogen (secondary N) is 1. The fraction of sp³-hybridized carbons (Fsp3) is 0.800. The van der Waals surface area contributed by atoms with E-state index in [1.54, 1.807) is 0 Å². The van der Waals surface area contributed by atoms with E-state index in [1.807, 2.05) is 0 Å². The molecule has 0 aromatic heterocycles. The molecule has 1 saturated carbocycles. The molecule has 1 aliphatic carbocycles. The fourth-order valence-corrected chi connectivity index (χ4v) is 1.14. The lowest BCUT2D eigenvalue weighted by molar-refractivity contribution is -0.140. The summed E-state index contributed by atoms with van der Waals surface area (Å²) in [5.74, 6) is -0.784. The van der Waals surface area contributed by atoms with Gasteiger partial charge in [0.15, 0.2) is 0 Å². The number of carboxylic acids is 1. The lowest BCUT2D eigenvalue weighted by Gasteiger charge is -2.04. The molecule has 0 aromatic rings. The van der Waals surface area contributed by atoms with Crippen molar-refractivity contribution >= 4 is 11.9 Å². The number of carbonyl (C=O) groups is 2. The van der Waals surface area contributed by atoms with Crippen molar-refractivity contribution in [2.75, 3.05) is 19.8 Å². The van der Waals surface area contributed by atoms with Crippen LogP contribution in [0.4, 0.5) is 0 Å². The van der Waals surface area contributed by atoms with Gasteiger partial charge in [0.25, 0.3) is 0 Å². The van der Waals surface area contributed by atoms with Crippen LogP contribution < -0.4 is 5.32 Å². The number of hydrogen-bond donors (Lipinski definition) is 2. The van der Waals surface area contributed by atoms with E-state index >= 15 is 0 Å². The first kappa shape index (κ1) is 12.0. The number of aliphatic carboxylic acids is 1. The Morgan fingerprint density at radius 3 is 2.73 bits per heavy atom. The third-order valence-electron chi connectivity index (χ3n) is 2.15. The zero-order valence-corrected chi connectivity index (χ0v) is 8.70. The highest BCUT2D eigenvalue weighted by Gasteiger charge is 2.20. The van der Waals surface area contributed by atoms with Crippen molar-refractivity contribution in [3.8, 4) is 0 Å². The van der Waals surface area contributed by atoms with Crippen LogP contribution in [0.5, 0.6) is 0 Å². The average Bonchev–Trinajstić information content (AvgIpc) is 2.93. The summed E-state index contributed by atoms with van der Waals surface area (Å²) in [6, 6.07) is 0. The molecule has 0 unspecified atom stereocenters. The summed E-state index contributed by atoms with van der Waals surface area (Å²) < 4.78 is 5.35. The maximum absolute atomic E-state index is 10.9. The van der Waals surface area contributed by atoms with Crippen molar-refractivity contribution in [1.82, 2.24) is 5.32 Å². The van der Waals surface area contributed by atoms with Crippen LogP contribution in [0, 0.1) is 5.92 Å². The largest absolute Gasteiger partial charge is 0.481 e. The van der Waals surface area contributed by atoms with Crippen LogP contribution in [-0.2, 0) is 14.3 Å². The van der Waals surface area contributed by atoms with Crippen LogP contribution in [0.25, 0.3) is 0 Å². The number of hydrogen-bond acceptors (Lipinski definition) is 3. The quantitative estimate of drug-likeness (QED) is 0.454. The first-order chi connectivity index (χ1) is 7.18. The average molecular weight is 215 g/mol. The Hall–Kier alpha value is -1.10. The number of ether oxygens (including phenoxy) is 1. The predicted molar refractivity (Wildman–Crippen MR) is 53.4 cm³/mol. The minimum atomic E-state index is -1.10. The molecule has 0 bridgehead atoms. The topological polar surface area (TPSA) is 75.6 Å².